The number of nitrogens with zero attached hydrogens (tertiary/aromatic N) is 10. The van der Waals surface area contributed by atoms with Gasteiger partial charge in [-0.3, -0.25) is 23.5 Å². The number of ketones is 1. The van der Waals surface area contributed by atoms with Crippen molar-refractivity contribution in [1.82, 2.24) is 48.9 Å². The molecule has 0 radical (unpaired) electrons. The maximum absolute atomic E-state index is 15.4. The van der Waals surface area contributed by atoms with Crippen LogP contribution < -0.4 is 0 Å². The van der Waals surface area contributed by atoms with E-state index in [0.29, 0.717) is 38.3 Å². The summed E-state index contributed by atoms with van der Waals surface area (Å²) in [5.41, 5.74) is 11.3. The maximum atomic E-state index is 15.4. The number of rotatable bonds is 16. The second-order valence-electron chi connectivity index (χ2n) is 19.1. The van der Waals surface area contributed by atoms with Gasteiger partial charge >= 0.3 is 0 Å². The summed E-state index contributed by atoms with van der Waals surface area (Å²) in [5, 5.41) is 24.3. The SMILES string of the molecule is Cc1cc(C)n(Cc2cc(C3=CN(CC(C(=O)C(CN4C=CCC(c5cc(Cn6nc(C)cc6C)nn5C5CCCCC5)=C4)c4cccs4)c4cccs4)C=CC3)n(C3CCCCC3)n2)n1. The molecule has 344 valence electrons. The number of hydrogen-bond acceptors (Lipinski definition) is 9. The fourth-order valence-corrected chi connectivity index (χ4v) is 12.4. The number of Topliss-reactive ketones (excluding diaryl/α,β-unsaturated/α-hetero) is 1. The van der Waals surface area contributed by atoms with Gasteiger partial charge in [0.05, 0.1) is 71.2 Å². The summed E-state index contributed by atoms with van der Waals surface area (Å²) in [5.74, 6) is -0.380. The third kappa shape index (κ3) is 9.79. The van der Waals surface area contributed by atoms with Gasteiger partial charge in [0.15, 0.2) is 5.78 Å². The topological polar surface area (TPSA) is 94.8 Å². The van der Waals surface area contributed by atoms with Crippen LogP contribution in [0.4, 0.5) is 0 Å². The summed E-state index contributed by atoms with van der Waals surface area (Å²) in [6.45, 7) is 10.8. The van der Waals surface area contributed by atoms with Crippen molar-refractivity contribution >= 4 is 39.6 Å². The van der Waals surface area contributed by atoms with E-state index in [1.54, 1.807) is 22.7 Å². The summed E-state index contributed by atoms with van der Waals surface area (Å²) in [6, 6.07) is 18.1. The molecule has 2 aliphatic heterocycles. The summed E-state index contributed by atoms with van der Waals surface area (Å²) >= 11 is 3.37. The first-order chi connectivity index (χ1) is 32.2. The molecule has 2 saturated carbocycles. The molecule has 66 heavy (non-hydrogen) atoms. The largest absolute Gasteiger partial charge is 0.353 e. The van der Waals surface area contributed by atoms with Crippen molar-refractivity contribution in [2.45, 2.75) is 142 Å². The van der Waals surface area contributed by atoms with Gasteiger partial charge in [-0.1, -0.05) is 62.8 Å². The molecule has 0 saturated heterocycles. The molecular formula is C53H64N10OS2. The van der Waals surface area contributed by atoms with Crippen LogP contribution in [0.2, 0.25) is 0 Å². The smallest absolute Gasteiger partial charge is 0.153 e. The van der Waals surface area contributed by atoms with E-state index in [9.17, 15) is 0 Å². The van der Waals surface area contributed by atoms with Crippen LogP contribution in [-0.4, -0.2) is 67.8 Å². The van der Waals surface area contributed by atoms with E-state index in [4.69, 9.17) is 20.4 Å². The van der Waals surface area contributed by atoms with Crippen LogP contribution in [-0.2, 0) is 17.9 Å². The second kappa shape index (κ2) is 19.7. The number of carbonyl (C=O) groups is 1. The van der Waals surface area contributed by atoms with Gasteiger partial charge in [0.25, 0.3) is 0 Å². The minimum Gasteiger partial charge on any atom is -0.353 e. The average molecular weight is 921 g/mol. The molecule has 8 heterocycles. The third-order valence-corrected chi connectivity index (χ3v) is 16.0. The molecule has 4 aliphatic rings. The fraction of sp³-hybridized carbons (Fsp3) is 0.453. The van der Waals surface area contributed by atoms with Crippen LogP contribution in [0.1, 0.15) is 156 Å². The molecule has 0 spiro atoms. The molecule has 13 heteroatoms. The lowest BCUT2D eigenvalue weighted by atomic mass is 9.89. The van der Waals surface area contributed by atoms with Gasteiger partial charge < -0.3 is 9.80 Å². The van der Waals surface area contributed by atoms with E-state index in [-0.39, 0.29) is 17.6 Å². The van der Waals surface area contributed by atoms with Crippen molar-refractivity contribution < 1.29 is 4.79 Å². The lowest BCUT2D eigenvalue weighted by molar-refractivity contribution is -0.122. The molecule has 0 aromatic carbocycles. The number of carbonyl (C=O) groups excluding carboxylic acids is 1. The van der Waals surface area contributed by atoms with Crippen LogP contribution in [0, 0.1) is 27.7 Å². The predicted octanol–water partition coefficient (Wildman–Crippen LogP) is 11.9. The lowest BCUT2D eigenvalue weighted by Gasteiger charge is -2.31. The Hall–Kier alpha value is -5.53. The number of aromatic nitrogens is 8. The van der Waals surface area contributed by atoms with E-state index in [2.05, 4.69) is 152 Å². The highest BCUT2D eigenvalue weighted by atomic mass is 32.1. The van der Waals surface area contributed by atoms with E-state index >= 15 is 4.79 Å². The average Bonchev–Trinajstić information content (AvgIpc) is 4.21. The molecule has 2 atom stereocenters. The molecule has 6 aromatic rings. The van der Waals surface area contributed by atoms with Gasteiger partial charge in [0, 0.05) is 46.6 Å². The van der Waals surface area contributed by atoms with Crippen LogP contribution in [0.5, 0.6) is 0 Å². The first-order valence-electron chi connectivity index (χ1n) is 24.3. The van der Waals surface area contributed by atoms with Gasteiger partial charge in [-0.25, -0.2) is 0 Å². The summed E-state index contributed by atoms with van der Waals surface area (Å²) in [7, 11) is 0. The van der Waals surface area contributed by atoms with Crippen LogP contribution >= 0.6 is 22.7 Å². The zero-order valence-corrected chi connectivity index (χ0v) is 40.7. The Kier molecular flexibility index (Phi) is 13.3. The molecule has 10 rings (SSSR count). The molecule has 0 N–H and O–H groups in total. The molecule has 0 amide bonds. The Labute approximate surface area is 397 Å². The van der Waals surface area contributed by atoms with Crippen molar-refractivity contribution in [3.63, 3.8) is 0 Å². The van der Waals surface area contributed by atoms with E-state index in [0.717, 1.165) is 82.4 Å². The van der Waals surface area contributed by atoms with Gasteiger partial charge in [-0.2, -0.15) is 20.4 Å². The van der Waals surface area contributed by atoms with E-state index < -0.39 is 0 Å². The number of hydrogen-bond donors (Lipinski definition) is 0. The minimum absolute atomic E-state index is 0.251. The summed E-state index contributed by atoms with van der Waals surface area (Å²) in [4.78, 5) is 22.2. The highest BCUT2D eigenvalue weighted by Crippen LogP contribution is 2.38. The normalized spacial score (nSPS) is 18.2. The van der Waals surface area contributed by atoms with Crippen molar-refractivity contribution in [3.05, 3.63) is 152 Å². The lowest BCUT2D eigenvalue weighted by Crippen LogP contribution is -2.33. The molecule has 6 aromatic heterocycles. The summed E-state index contributed by atoms with van der Waals surface area (Å²) in [6.07, 6.45) is 27.2. The monoisotopic (exact) mass is 920 g/mol. The number of allylic oxidation sites excluding steroid dienone is 4. The molecule has 2 fully saturated rings. The van der Waals surface area contributed by atoms with Gasteiger partial charge in [-0.15, -0.1) is 22.7 Å². The molecular weight excluding hydrogens is 857 g/mol. The molecule has 2 unspecified atom stereocenters. The first kappa shape index (κ1) is 44.3. The standard InChI is InChI=1S/C53H64N10OS2/c1-37-27-39(3)60(54-37)33-43-29-49(62(56-43)45-17-7-5-8-18-45)41-15-11-23-58(31-41)35-47(51-21-13-25-65-51)53(64)48(52-22-14-26-66-52)36-59-24-12-16-42(32-59)50-30-44(34-61-40(4)28-38(2)55-61)57-63(50)46-19-9-6-10-20-46/h11-14,21-32,45-48H,5-10,15-20,33-36H2,1-4H3. The molecule has 0 bridgehead atoms. The maximum Gasteiger partial charge on any atom is 0.153 e. The van der Waals surface area contributed by atoms with Crippen LogP contribution in [0.25, 0.3) is 11.1 Å². The highest BCUT2D eigenvalue weighted by Gasteiger charge is 2.34. The Morgan fingerprint density at radius 3 is 1.42 bits per heavy atom. The van der Waals surface area contributed by atoms with Crippen molar-refractivity contribution in [1.29, 1.82) is 0 Å². The van der Waals surface area contributed by atoms with Crippen molar-refractivity contribution in [2.24, 2.45) is 0 Å². The highest BCUT2D eigenvalue weighted by molar-refractivity contribution is 7.10. The van der Waals surface area contributed by atoms with Gasteiger partial charge in [0.1, 0.15) is 0 Å². The second-order valence-corrected chi connectivity index (χ2v) is 21.1. The molecule has 11 nitrogen and oxygen atoms in total. The quantitative estimate of drug-likeness (QED) is 0.0954. The first-order valence-corrected chi connectivity index (χ1v) is 26.0. The third-order valence-electron chi connectivity index (χ3n) is 14.1. The Bertz CT molecular complexity index is 2540. The minimum atomic E-state index is -0.316. The Balaban J connectivity index is 0.928. The van der Waals surface area contributed by atoms with Crippen LogP contribution in [0.3, 0.4) is 0 Å². The van der Waals surface area contributed by atoms with Crippen LogP contribution in [0.15, 0.2) is 96.2 Å². The van der Waals surface area contributed by atoms with Gasteiger partial charge in [-0.05, 0) is 137 Å². The Morgan fingerprint density at radius 2 is 1.05 bits per heavy atom. The van der Waals surface area contributed by atoms with E-state index in [1.807, 2.05) is 0 Å². The fourth-order valence-electron chi connectivity index (χ4n) is 10.8. The van der Waals surface area contributed by atoms with E-state index in [1.165, 1.54) is 61.1 Å². The summed E-state index contributed by atoms with van der Waals surface area (Å²) < 4.78 is 8.80. The molecule has 2 aliphatic carbocycles. The van der Waals surface area contributed by atoms with Gasteiger partial charge in [0.2, 0.25) is 0 Å². The van der Waals surface area contributed by atoms with Crippen molar-refractivity contribution in [2.75, 3.05) is 13.1 Å². The number of thiophene rings is 2. The number of aryl methyl sites for hydroxylation is 4. The van der Waals surface area contributed by atoms with Crippen molar-refractivity contribution in [3.8, 4) is 0 Å². The zero-order valence-electron chi connectivity index (χ0n) is 39.1. The zero-order chi connectivity index (χ0) is 45.1. The predicted molar refractivity (Wildman–Crippen MR) is 266 cm³/mol. The Morgan fingerprint density at radius 1 is 0.606 bits per heavy atom.